The van der Waals surface area contributed by atoms with E-state index in [9.17, 15) is 13.6 Å². The summed E-state index contributed by atoms with van der Waals surface area (Å²) in [6.07, 6.45) is 7.70. The number of carbonyl (C=O) groups is 1. The molecule has 138 valence electrons. The summed E-state index contributed by atoms with van der Waals surface area (Å²) in [7, 11) is 0. The first kappa shape index (κ1) is 17.2. The topological polar surface area (TPSA) is 63.1 Å². The number of amides is 1. The summed E-state index contributed by atoms with van der Waals surface area (Å²) in [5.41, 5.74) is 1.76. The van der Waals surface area contributed by atoms with Crippen LogP contribution in [0.2, 0.25) is 5.02 Å². The van der Waals surface area contributed by atoms with Gasteiger partial charge in [0.15, 0.2) is 0 Å². The molecule has 2 aliphatic rings. The summed E-state index contributed by atoms with van der Waals surface area (Å²) in [5.74, 6) is -3.23. The third kappa shape index (κ3) is 3.38. The van der Waals surface area contributed by atoms with Gasteiger partial charge in [-0.25, -0.2) is 13.5 Å². The number of rotatable bonds is 4. The maximum absolute atomic E-state index is 13.0. The van der Waals surface area contributed by atoms with Crippen molar-refractivity contribution < 1.29 is 13.6 Å². The Morgan fingerprint density at radius 2 is 2.00 bits per heavy atom. The number of aromatic nitrogens is 3. The molecule has 2 aromatic rings. The molecule has 6 nitrogen and oxygen atoms in total. The maximum atomic E-state index is 13.0. The number of halogens is 3. The number of nitrogens with zero attached hydrogens (tertiary/aromatic N) is 4. The molecule has 0 bridgehead atoms. The van der Waals surface area contributed by atoms with E-state index in [1.807, 2.05) is 6.07 Å². The van der Waals surface area contributed by atoms with Gasteiger partial charge in [-0.1, -0.05) is 11.6 Å². The molecule has 3 heterocycles. The number of hydrogen-bond donors (Lipinski definition) is 1. The minimum atomic E-state index is -2.73. The fourth-order valence-electron chi connectivity index (χ4n) is 3.29. The molecule has 1 saturated carbocycles. The predicted molar refractivity (Wildman–Crippen MR) is 92.8 cm³/mol. The molecule has 1 aliphatic heterocycles. The Hall–Kier alpha value is -2.22. The van der Waals surface area contributed by atoms with Gasteiger partial charge in [0.25, 0.3) is 5.92 Å². The Kier molecular flexibility index (Phi) is 4.30. The molecule has 9 heteroatoms. The van der Waals surface area contributed by atoms with Crippen molar-refractivity contribution in [3.8, 4) is 5.69 Å². The Balaban J connectivity index is 1.42. The first-order valence-electron chi connectivity index (χ1n) is 8.52. The van der Waals surface area contributed by atoms with E-state index in [0.717, 1.165) is 11.4 Å². The molecule has 2 fully saturated rings. The van der Waals surface area contributed by atoms with Crippen molar-refractivity contribution in [2.45, 2.75) is 31.2 Å². The highest BCUT2D eigenvalue weighted by atomic mass is 35.5. The summed E-state index contributed by atoms with van der Waals surface area (Å²) >= 11 is 5.96. The number of alkyl halides is 2. The molecular weight excluding hydrogens is 364 g/mol. The van der Waals surface area contributed by atoms with Gasteiger partial charge >= 0.3 is 0 Å². The summed E-state index contributed by atoms with van der Waals surface area (Å²) in [6.45, 7) is 1.29. The Bertz CT molecular complexity index is 819. The minimum Gasteiger partial charge on any atom is -0.368 e. The van der Waals surface area contributed by atoms with Crippen molar-refractivity contribution in [2.24, 2.45) is 5.92 Å². The SMILES string of the molecule is O=C(NC1CC1(F)F)C1CCN(c2cnccc2-n2cc(Cl)cn2)CC1. The molecule has 4 rings (SSSR count). The largest absolute Gasteiger partial charge is 0.368 e. The van der Waals surface area contributed by atoms with E-state index in [-0.39, 0.29) is 18.2 Å². The summed E-state index contributed by atoms with van der Waals surface area (Å²) < 4.78 is 27.6. The molecule has 26 heavy (non-hydrogen) atoms. The fourth-order valence-corrected chi connectivity index (χ4v) is 3.43. The summed E-state index contributed by atoms with van der Waals surface area (Å²) in [5, 5.41) is 7.23. The van der Waals surface area contributed by atoms with Crippen LogP contribution in [0, 0.1) is 5.92 Å². The van der Waals surface area contributed by atoms with Gasteiger partial charge in [0.05, 0.1) is 34.8 Å². The second-order valence-electron chi connectivity index (χ2n) is 6.76. The highest BCUT2D eigenvalue weighted by Crippen LogP contribution is 2.42. The van der Waals surface area contributed by atoms with Crippen LogP contribution in [-0.2, 0) is 4.79 Å². The Morgan fingerprint density at radius 3 is 2.62 bits per heavy atom. The average Bonchev–Trinajstić information content (AvgIpc) is 3.02. The lowest BCUT2D eigenvalue weighted by Gasteiger charge is -2.33. The molecule has 1 saturated heterocycles. The van der Waals surface area contributed by atoms with Crippen molar-refractivity contribution in [3.05, 3.63) is 35.9 Å². The van der Waals surface area contributed by atoms with Crippen LogP contribution >= 0.6 is 11.6 Å². The smallest absolute Gasteiger partial charge is 0.270 e. The van der Waals surface area contributed by atoms with Gasteiger partial charge in [-0.2, -0.15) is 5.10 Å². The lowest BCUT2D eigenvalue weighted by molar-refractivity contribution is -0.126. The standard InChI is InChI=1S/C17H18ClF2N5O/c18-12-8-22-25(10-12)13-1-4-21-9-14(13)24-5-2-11(3-6-24)16(26)23-15-7-17(15,19)20/h1,4,8-11,15H,2-3,5-7H2,(H,23,26). The van der Waals surface area contributed by atoms with Gasteiger partial charge in [0, 0.05) is 37.8 Å². The molecule has 1 aliphatic carbocycles. The lowest BCUT2D eigenvalue weighted by Crippen LogP contribution is -2.42. The van der Waals surface area contributed by atoms with Crippen molar-refractivity contribution in [1.29, 1.82) is 0 Å². The molecule has 1 amide bonds. The fraction of sp³-hybridized carbons (Fsp3) is 0.471. The number of carbonyl (C=O) groups excluding carboxylic acids is 1. The van der Waals surface area contributed by atoms with Gasteiger partial charge in [0.2, 0.25) is 5.91 Å². The lowest BCUT2D eigenvalue weighted by atomic mass is 9.95. The Morgan fingerprint density at radius 1 is 1.27 bits per heavy atom. The van der Waals surface area contributed by atoms with Crippen LogP contribution in [0.3, 0.4) is 0 Å². The van der Waals surface area contributed by atoms with Gasteiger partial charge in [0.1, 0.15) is 0 Å². The van der Waals surface area contributed by atoms with E-state index in [1.54, 1.807) is 29.5 Å². The van der Waals surface area contributed by atoms with E-state index in [4.69, 9.17) is 11.6 Å². The highest BCUT2D eigenvalue weighted by Gasteiger charge is 2.58. The average molecular weight is 382 g/mol. The van der Waals surface area contributed by atoms with E-state index in [0.29, 0.717) is 31.0 Å². The van der Waals surface area contributed by atoms with Crippen LogP contribution in [0.1, 0.15) is 19.3 Å². The molecule has 0 radical (unpaired) electrons. The maximum Gasteiger partial charge on any atom is 0.270 e. The third-order valence-electron chi connectivity index (χ3n) is 4.92. The zero-order chi connectivity index (χ0) is 18.3. The molecular formula is C17H18ClF2N5O. The zero-order valence-electron chi connectivity index (χ0n) is 13.9. The van der Waals surface area contributed by atoms with Crippen molar-refractivity contribution >= 4 is 23.2 Å². The second kappa shape index (κ2) is 6.50. The van der Waals surface area contributed by atoms with Crippen LogP contribution in [0.5, 0.6) is 0 Å². The van der Waals surface area contributed by atoms with Crippen molar-refractivity contribution in [1.82, 2.24) is 20.1 Å². The van der Waals surface area contributed by atoms with E-state index >= 15 is 0 Å². The predicted octanol–water partition coefficient (Wildman–Crippen LogP) is 2.66. The number of pyridine rings is 1. The molecule has 0 spiro atoms. The number of anilines is 1. The van der Waals surface area contributed by atoms with Crippen LogP contribution in [0.4, 0.5) is 14.5 Å². The van der Waals surface area contributed by atoms with E-state index < -0.39 is 12.0 Å². The van der Waals surface area contributed by atoms with Crippen molar-refractivity contribution in [3.63, 3.8) is 0 Å². The van der Waals surface area contributed by atoms with Gasteiger partial charge in [-0.05, 0) is 18.9 Å². The molecule has 1 N–H and O–H groups in total. The van der Waals surface area contributed by atoms with Crippen LogP contribution in [0.15, 0.2) is 30.9 Å². The van der Waals surface area contributed by atoms with Crippen LogP contribution in [0.25, 0.3) is 5.69 Å². The van der Waals surface area contributed by atoms with Crippen LogP contribution in [-0.4, -0.2) is 45.7 Å². The molecule has 0 aromatic carbocycles. The van der Waals surface area contributed by atoms with Gasteiger partial charge < -0.3 is 10.2 Å². The zero-order valence-corrected chi connectivity index (χ0v) is 14.7. The Labute approximate surface area is 154 Å². The summed E-state index contributed by atoms with van der Waals surface area (Å²) in [4.78, 5) is 18.5. The molecule has 1 unspecified atom stereocenters. The number of nitrogens with one attached hydrogen (secondary N) is 1. The summed E-state index contributed by atoms with van der Waals surface area (Å²) in [6, 6.07) is 0.870. The molecule has 1 atom stereocenters. The molecule has 2 aromatic heterocycles. The monoisotopic (exact) mass is 381 g/mol. The number of hydrogen-bond acceptors (Lipinski definition) is 4. The second-order valence-corrected chi connectivity index (χ2v) is 7.19. The van der Waals surface area contributed by atoms with E-state index in [2.05, 4.69) is 20.3 Å². The van der Waals surface area contributed by atoms with E-state index in [1.165, 1.54) is 0 Å². The quantitative estimate of drug-likeness (QED) is 0.884. The van der Waals surface area contributed by atoms with Crippen LogP contribution < -0.4 is 10.2 Å². The third-order valence-corrected chi connectivity index (χ3v) is 5.12. The van der Waals surface area contributed by atoms with Gasteiger partial charge in [-0.15, -0.1) is 0 Å². The van der Waals surface area contributed by atoms with Crippen molar-refractivity contribution in [2.75, 3.05) is 18.0 Å². The normalized spacial score (nSPS) is 22.3. The first-order valence-corrected chi connectivity index (χ1v) is 8.89. The highest BCUT2D eigenvalue weighted by molar-refractivity contribution is 6.30. The van der Waals surface area contributed by atoms with Gasteiger partial charge in [-0.3, -0.25) is 9.78 Å². The minimum absolute atomic E-state index is 0.234. The number of piperidine rings is 1. The first-order chi connectivity index (χ1) is 12.4.